The maximum Gasteiger partial charge on any atom is 0.257 e. The van der Waals surface area contributed by atoms with Crippen molar-refractivity contribution < 1.29 is 14.3 Å². The summed E-state index contributed by atoms with van der Waals surface area (Å²) in [4.78, 5) is 22.5. The van der Waals surface area contributed by atoms with Crippen LogP contribution >= 0.6 is 0 Å². The van der Waals surface area contributed by atoms with Crippen LogP contribution in [0.15, 0.2) is 65.7 Å². The molecule has 1 aliphatic heterocycles. The molecule has 0 amide bonds. The van der Waals surface area contributed by atoms with E-state index in [1.54, 1.807) is 25.3 Å². The maximum atomic E-state index is 13.2. The van der Waals surface area contributed by atoms with E-state index in [1.807, 2.05) is 0 Å². The molecule has 3 rings (SSSR count). The van der Waals surface area contributed by atoms with Gasteiger partial charge in [-0.2, -0.15) is 0 Å². The van der Waals surface area contributed by atoms with Crippen molar-refractivity contribution in [3.63, 3.8) is 0 Å². The minimum atomic E-state index is -0.693. The molecule has 1 aliphatic rings. The van der Waals surface area contributed by atoms with E-state index in [1.165, 1.54) is 29.0 Å². The van der Waals surface area contributed by atoms with Crippen molar-refractivity contribution in [1.82, 2.24) is 9.55 Å². The number of oxime groups is 1. The van der Waals surface area contributed by atoms with Crippen molar-refractivity contribution in [1.29, 1.82) is 0 Å². The lowest BCUT2D eigenvalue weighted by molar-refractivity contribution is 0.0854. The van der Waals surface area contributed by atoms with Gasteiger partial charge in [0.25, 0.3) is 5.56 Å². The van der Waals surface area contributed by atoms with E-state index in [0.717, 1.165) is 0 Å². The third-order valence-corrected chi connectivity index (χ3v) is 4.48. The predicted octanol–water partition coefficient (Wildman–Crippen LogP) is 3.44. The van der Waals surface area contributed by atoms with E-state index in [2.05, 4.69) is 23.3 Å². The molecule has 1 aromatic carbocycles. The summed E-state index contributed by atoms with van der Waals surface area (Å²) in [5.41, 5.74) is 2.28. The van der Waals surface area contributed by atoms with E-state index in [-0.39, 0.29) is 12.0 Å². The summed E-state index contributed by atoms with van der Waals surface area (Å²) in [5.74, 6) is -0.635. The summed E-state index contributed by atoms with van der Waals surface area (Å²) in [7, 11) is 1.64. The molecule has 1 N–H and O–H groups in total. The zero-order chi connectivity index (χ0) is 20.3. The molecule has 6 nitrogen and oxygen atoms in total. The van der Waals surface area contributed by atoms with Gasteiger partial charge in [0.15, 0.2) is 17.7 Å². The molecule has 0 saturated heterocycles. The number of hydrogen-bond donors (Lipinski definition) is 1. The summed E-state index contributed by atoms with van der Waals surface area (Å²) in [6, 6.07) is 4.03. The summed E-state index contributed by atoms with van der Waals surface area (Å²) >= 11 is 0. The first kappa shape index (κ1) is 19.3. The van der Waals surface area contributed by atoms with Crippen LogP contribution in [0.4, 0.5) is 4.39 Å². The van der Waals surface area contributed by atoms with Crippen molar-refractivity contribution in [2.45, 2.75) is 18.9 Å². The first-order valence-electron chi connectivity index (χ1n) is 8.65. The van der Waals surface area contributed by atoms with Gasteiger partial charge in [-0.25, -0.2) is 9.37 Å². The standard InChI is InChI=1S/C21H20FN3O3/c1-4-6-13(5-2)20-23-12-15(21(27)25(20)3)9-16-11-19(28-24-16)14-7-8-17(22)18(26)10-14/h4-8,10,12,19,26H,1-2,9,11H2,3H3/b13-6+. The first-order chi connectivity index (χ1) is 13.4. The lowest BCUT2D eigenvalue weighted by Crippen LogP contribution is -2.26. The molecule has 0 spiro atoms. The van der Waals surface area contributed by atoms with Crippen molar-refractivity contribution in [3.8, 4) is 5.75 Å². The average Bonchev–Trinajstić information content (AvgIpc) is 3.15. The molecule has 2 heterocycles. The highest BCUT2D eigenvalue weighted by Gasteiger charge is 2.25. The Bertz CT molecular complexity index is 1050. The second-order valence-electron chi connectivity index (χ2n) is 6.38. The minimum absolute atomic E-state index is 0.188. The number of allylic oxidation sites excluding steroid dienone is 4. The zero-order valence-electron chi connectivity index (χ0n) is 15.4. The second-order valence-corrected chi connectivity index (χ2v) is 6.38. The number of hydrogen-bond acceptors (Lipinski definition) is 5. The van der Waals surface area contributed by atoms with E-state index in [9.17, 15) is 14.3 Å². The van der Waals surface area contributed by atoms with Crippen LogP contribution in [-0.4, -0.2) is 20.4 Å². The highest BCUT2D eigenvalue weighted by atomic mass is 19.1. The van der Waals surface area contributed by atoms with Gasteiger partial charge in [-0.15, -0.1) is 0 Å². The van der Waals surface area contributed by atoms with Gasteiger partial charge in [0.05, 0.1) is 5.71 Å². The van der Waals surface area contributed by atoms with Crippen LogP contribution in [0, 0.1) is 5.82 Å². The van der Waals surface area contributed by atoms with Crippen LogP contribution in [0.25, 0.3) is 5.57 Å². The fraction of sp³-hybridized carbons (Fsp3) is 0.190. The lowest BCUT2D eigenvalue weighted by Gasteiger charge is -2.10. The number of nitrogens with zero attached hydrogens (tertiary/aromatic N) is 3. The molecule has 0 aliphatic carbocycles. The molecule has 2 aromatic rings. The second kappa shape index (κ2) is 8.04. The molecule has 1 aromatic heterocycles. The summed E-state index contributed by atoms with van der Waals surface area (Å²) in [6.45, 7) is 7.38. The molecule has 0 fully saturated rings. The molecule has 28 heavy (non-hydrogen) atoms. The summed E-state index contributed by atoms with van der Waals surface area (Å²) in [5, 5.41) is 13.6. The molecule has 0 bridgehead atoms. The normalized spacial score (nSPS) is 16.4. The topological polar surface area (TPSA) is 76.7 Å². The third kappa shape index (κ3) is 3.78. The molecular weight excluding hydrogens is 361 g/mol. The molecule has 7 heteroatoms. The van der Waals surface area contributed by atoms with Crippen LogP contribution in [0.5, 0.6) is 5.75 Å². The number of phenols is 1. The smallest absolute Gasteiger partial charge is 0.257 e. The summed E-state index contributed by atoms with van der Waals surface area (Å²) < 4.78 is 14.7. The van der Waals surface area contributed by atoms with E-state index in [4.69, 9.17) is 4.84 Å². The molecule has 0 saturated carbocycles. The number of rotatable bonds is 6. The fourth-order valence-corrected chi connectivity index (χ4v) is 3.00. The van der Waals surface area contributed by atoms with Gasteiger partial charge in [0.1, 0.15) is 5.82 Å². The van der Waals surface area contributed by atoms with Gasteiger partial charge in [0.2, 0.25) is 0 Å². The van der Waals surface area contributed by atoms with Crippen molar-refractivity contribution in [2.75, 3.05) is 0 Å². The fourth-order valence-electron chi connectivity index (χ4n) is 3.00. The highest BCUT2D eigenvalue weighted by Crippen LogP contribution is 2.30. The quantitative estimate of drug-likeness (QED) is 0.778. The van der Waals surface area contributed by atoms with Crippen molar-refractivity contribution in [3.05, 3.63) is 88.9 Å². The molecule has 144 valence electrons. The number of halogens is 1. The molecular formula is C21H20FN3O3. The van der Waals surface area contributed by atoms with Gasteiger partial charge in [0, 0.05) is 37.2 Å². The molecule has 1 unspecified atom stereocenters. The Morgan fingerprint density at radius 1 is 1.46 bits per heavy atom. The summed E-state index contributed by atoms with van der Waals surface area (Å²) in [6.07, 6.45) is 6.77. The van der Waals surface area contributed by atoms with Crippen molar-refractivity contribution in [2.24, 2.45) is 12.2 Å². The van der Waals surface area contributed by atoms with Gasteiger partial charge < -0.3 is 9.94 Å². The molecule has 1 atom stereocenters. The first-order valence-corrected chi connectivity index (χ1v) is 8.65. The minimum Gasteiger partial charge on any atom is -0.505 e. The molecule has 0 radical (unpaired) electrons. The maximum absolute atomic E-state index is 13.2. The SMILES string of the molecule is C=C/C=C(\C=C)c1ncc(CC2=NOC(c3ccc(F)c(O)c3)C2)c(=O)n1C. The van der Waals surface area contributed by atoms with Gasteiger partial charge >= 0.3 is 0 Å². The van der Waals surface area contributed by atoms with E-state index in [0.29, 0.717) is 34.7 Å². The van der Waals surface area contributed by atoms with E-state index < -0.39 is 17.7 Å². The Morgan fingerprint density at radius 2 is 2.25 bits per heavy atom. The third-order valence-electron chi connectivity index (χ3n) is 4.48. The predicted molar refractivity (Wildman–Crippen MR) is 105 cm³/mol. The van der Waals surface area contributed by atoms with E-state index >= 15 is 0 Å². The van der Waals surface area contributed by atoms with Crippen molar-refractivity contribution >= 4 is 11.3 Å². The monoisotopic (exact) mass is 381 g/mol. The van der Waals surface area contributed by atoms with Crippen LogP contribution < -0.4 is 5.56 Å². The number of aromatic hydroxyl groups is 1. The van der Waals surface area contributed by atoms with Gasteiger partial charge in [-0.05, 0) is 17.7 Å². The Morgan fingerprint density at radius 3 is 2.93 bits per heavy atom. The van der Waals surface area contributed by atoms with Crippen LogP contribution in [-0.2, 0) is 18.3 Å². The van der Waals surface area contributed by atoms with Gasteiger partial charge in [-0.1, -0.05) is 42.6 Å². The lowest BCUT2D eigenvalue weighted by atomic mass is 10.0. The van der Waals surface area contributed by atoms with Crippen LogP contribution in [0.1, 0.15) is 29.5 Å². The largest absolute Gasteiger partial charge is 0.505 e. The van der Waals surface area contributed by atoms with Gasteiger partial charge in [-0.3, -0.25) is 9.36 Å². The Labute approximate surface area is 161 Å². The number of phenolic OH excluding ortho intramolecular Hbond substituents is 1. The number of benzene rings is 1. The number of aromatic nitrogens is 2. The Balaban J connectivity index is 1.78. The average molecular weight is 381 g/mol. The Kier molecular flexibility index (Phi) is 5.54. The highest BCUT2D eigenvalue weighted by molar-refractivity contribution is 5.87. The van der Waals surface area contributed by atoms with Crippen LogP contribution in [0.3, 0.4) is 0 Å². The Hall–Kier alpha value is -3.48. The van der Waals surface area contributed by atoms with Crippen LogP contribution in [0.2, 0.25) is 0 Å². The zero-order valence-corrected chi connectivity index (χ0v) is 15.4.